The van der Waals surface area contributed by atoms with Crippen molar-refractivity contribution in [3.63, 3.8) is 0 Å². The molecule has 3 aromatic rings. The van der Waals surface area contributed by atoms with E-state index in [9.17, 15) is 9.59 Å². The highest BCUT2D eigenvalue weighted by Crippen LogP contribution is 2.20. The van der Waals surface area contributed by atoms with Gasteiger partial charge >= 0.3 is 12.1 Å². The van der Waals surface area contributed by atoms with Gasteiger partial charge in [0.2, 0.25) is 0 Å². The highest BCUT2D eigenvalue weighted by Gasteiger charge is 2.08. The van der Waals surface area contributed by atoms with Gasteiger partial charge in [-0.15, -0.1) is 12.4 Å². The predicted molar refractivity (Wildman–Crippen MR) is 113 cm³/mol. The van der Waals surface area contributed by atoms with Gasteiger partial charge in [-0.05, 0) is 36.1 Å². The number of amides is 3. The largest absolute Gasteiger partial charge is 0.443 e. The third kappa shape index (κ3) is 6.32. The Bertz CT molecular complexity index is 969. The summed E-state index contributed by atoms with van der Waals surface area (Å²) in [5, 5.41) is 9.85. The molecule has 9 heteroatoms. The first kappa shape index (κ1) is 21.9. The fourth-order valence-corrected chi connectivity index (χ4v) is 2.62. The van der Waals surface area contributed by atoms with Gasteiger partial charge in [0.1, 0.15) is 12.4 Å². The SMILES string of the molecule is CCNC(=O)Nc1cc2cccc(CNC(=O)OCc3ccccn3)c2cn1.Cl. The maximum Gasteiger partial charge on any atom is 0.407 e. The first-order valence-corrected chi connectivity index (χ1v) is 8.88. The van der Waals surface area contributed by atoms with Crippen molar-refractivity contribution >= 4 is 41.1 Å². The minimum Gasteiger partial charge on any atom is -0.443 e. The smallest absolute Gasteiger partial charge is 0.407 e. The van der Waals surface area contributed by atoms with Gasteiger partial charge in [0.05, 0.1) is 5.69 Å². The van der Waals surface area contributed by atoms with Crippen molar-refractivity contribution < 1.29 is 14.3 Å². The van der Waals surface area contributed by atoms with Crippen molar-refractivity contribution in [3.8, 4) is 0 Å². The van der Waals surface area contributed by atoms with Crippen LogP contribution in [0, 0.1) is 0 Å². The minimum absolute atomic E-state index is 0. The Labute approximate surface area is 174 Å². The molecule has 0 atom stereocenters. The minimum atomic E-state index is -0.523. The molecule has 3 N–H and O–H groups in total. The van der Waals surface area contributed by atoms with Crippen molar-refractivity contribution in [3.05, 3.63) is 66.1 Å². The Morgan fingerprint density at radius 2 is 1.93 bits per heavy atom. The quantitative estimate of drug-likeness (QED) is 0.570. The molecule has 2 aromatic heterocycles. The number of hydrogen-bond donors (Lipinski definition) is 3. The molecule has 0 spiro atoms. The van der Waals surface area contributed by atoms with Gasteiger partial charge in [-0.25, -0.2) is 14.6 Å². The molecule has 0 bridgehead atoms. The molecule has 152 valence electrons. The Kier molecular flexibility index (Phi) is 8.17. The fourth-order valence-electron chi connectivity index (χ4n) is 2.62. The molecule has 0 saturated heterocycles. The number of anilines is 1. The van der Waals surface area contributed by atoms with Crippen LogP contribution in [0.25, 0.3) is 10.8 Å². The van der Waals surface area contributed by atoms with E-state index in [0.29, 0.717) is 24.6 Å². The van der Waals surface area contributed by atoms with Gasteiger partial charge in [-0.3, -0.25) is 10.3 Å². The van der Waals surface area contributed by atoms with E-state index in [1.807, 2.05) is 31.2 Å². The zero-order valence-electron chi connectivity index (χ0n) is 15.8. The summed E-state index contributed by atoms with van der Waals surface area (Å²) < 4.78 is 5.17. The van der Waals surface area contributed by atoms with Crippen LogP contribution in [0.5, 0.6) is 0 Å². The van der Waals surface area contributed by atoms with Crippen LogP contribution < -0.4 is 16.0 Å². The lowest BCUT2D eigenvalue weighted by atomic mass is 10.1. The first-order chi connectivity index (χ1) is 13.7. The number of ether oxygens (including phenoxy) is 1. The number of hydrogen-bond acceptors (Lipinski definition) is 5. The number of halogens is 1. The van der Waals surface area contributed by atoms with Crippen molar-refractivity contribution in [2.45, 2.75) is 20.1 Å². The summed E-state index contributed by atoms with van der Waals surface area (Å²) in [6.45, 7) is 2.78. The molecule has 0 unspecified atom stereocenters. The van der Waals surface area contributed by atoms with E-state index < -0.39 is 6.09 Å². The molecule has 0 fully saturated rings. The average Bonchev–Trinajstić information content (AvgIpc) is 2.71. The number of nitrogens with one attached hydrogen (secondary N) is 3. The van der Waals surface area contributed by atoms with Crippen molar-refractivity contribution in [2.24, 2.45) is 0 Å². The maximum absolute atomic E-state index is 11.9. The number of urea groups is 1. The van der Waals surface area contributed by atoms with Crippen LogP contribution >= 0.6 is 12.4 Å². The number of benzene rings is 1. The van der Waals surface area contributed by atoms with Crippen LogP contribution in [0.1, 0.15) is 18.2 Å². The number of carbonyl (C=O) groups excluding carboxylic acids is 2. The van der Waals surface area contributed by atoms with E-state index in [1.165, 1.54) is 0 Å². The normalized spacial score (nSPS) is 9.97. The third-order valence-electron chi connectivity index (χ3n) is 3.93. The molecule has 0 aliphatic rings. The molecule has 0 saturated carbocycles. The van der Waals surface area contributed by atoms with Crippen LogP contribution in [0.2, 0.25) is 0 Å². The van der Waals surface area contributed by atoms with E-state index in [-0.39, 0.29) is 25.0 Å². The summed E-state index contributed by atoms with van der Waals surface area (Å²) >= 11 is 0. The van der Waals surface area contributed by atoms with Crippen LogP contribution in [-0.2, 0) is 17.9 Å². The summed E-state index contributed by atoms with van der Waals surface area (Å²) in [6, 6.07) is 12.6. The first-order valence-electron chi connectivity index (χ1n) is 8.88. The summed E-state index contributed by atoms with van der Waals surface area (Å²) in [5.41, 5.74) is 1.57. The molecular formula is C20H22ClN5O3. The molecule has 3 rings (SSSR count). The lowest BCUT2D eigenvalue weighted by Crippen LogP contribution is -2.28. The fraction of sp³-hybridized carbons (Fsp3) is 0.200. The zero-order chi connectivity index (χ0) is 19.8. The Balaban J connectivity index is 0.00000300. The van der Waals surface area contributed by atoms with Crippen molar-refractivity contribution in [2.75, 3.05) is 11.9 Å². The molecule has 2 heterocycles. The lowest BCUT2D eigenvalue weighted by molar-refractivity contribution is 0.138. The second-order valence-electron chi connectivity index (χ2n) is 5.94. The lowest BCUT2D eigenvalue weighted by Gasteiger charge is -2.10. The number of aromatic nitrogens is 2. The van der Waals surface area contributed by atoms with Crippen LogP contribution in [-0.4, -0.2) is 28.6 Å². The highest BCUT2D eigenvalue weighted by molar-refractivity contribution is 5.92. The standard InChI is InChI=1S/C20H21N5O3.ClH/c1-2-21-19(26)25-18-10-14-6-5-7-15(17(14)12-23-18)11-24-20(27)28-13-16-8-3-4-9-22-16;/h3-10,12H,2,11,13H2,1H3,(H,24,27)(H2,21,23,25,26);1H. The number of fused-ring (bicyclic) bond motifs is 1. The topological polar surface area (TPSA) is 105 Å². The Morgan fingerprint density at radius 1 is 1.07 bits per heavy atom. The van der Waals surface area contributed by atoms with Crippen LogP contribution in [0.4, 0.5) is 15.4 Å². The number of rotatable bonds is 6. The Hall–Kier alpha value is -3.39. The maximum atomic E-state index is 11.9. The number of nitrogens with zero attached hydrogens (tertiary/aromatic N) is 2. The predicted octanol–water partition coefficient (Wildman–Crippen LogP) is 3.62. The van der Waals surface area contributed by atoms with E-state index >= 15 is 0 Å². The summed E-state index contributed by atoms with van der Waals surface area (Å²) in [6.07, 6.45) is 2.80. The van der Waals surface area contributed by atoms with Crippen LogP contribution in [0.3, 0.4) is 0 Å². The summed E-state index contributed by atoms with van der Waals surface area (Å²) in [5.74, 6) is 0.457. The van der Waals surface area contributed by atoms with Gasteiger partial charge < -0.3 is 15.4 Å². The van der Waals surface area contributed by atoms with Gasteiger partial charge in [0.25, 0.3) is 0 Å². The second-order valence-corrected chi connectivity index (χ2v) is 5.94. The van der Waals surface area contributed by atoms with Crippen molar-refractivity contribution in [1.82, 2.24) is 20.6 Å². The molecule has 1 aromatic carbocycles. The molecule has 0 aliphatic heterocycles. The summed E-state index contributed by atoms with van der Waals surface area (Å²) in [4.78, 5) is 31.9. The van der Waals surface area contributed by atoms with E-state index in [0.717, 1.165) is 16.3 Å². The summed E-state index contributed by atoms with van der Waals surface area (Å²) in [7, 11) is 0. The van der Waals surface area contributed by atoms with E-state index in [2.05, 4.69) is 25.9 Å². The number of alkyl carbamates (subject to hydrolysis) is 1. The van der Waals surface area contributed by atoms with Crippen molar-refractivity contribution in [1.29, 1.82) is 0 Å². The third-order valence-corrected chi connectivity index (χ3v) is 3.93. The monoisotopic (exact) mass is 415 g/mol. The van der Waals surface area contributed by atoms with E-state index in [4.69, 9.17) is 4.74 Å². The average molecular weight is 416 g/mol. The van der Waals surface area contributed by atoms with E-state index in [1.54, 1.807) is 30.6 Å². The molecule has 29 heavy (non-hydrogen) atoms. The molecule has 8 nitrogen and oxygen atoms in total. The molecular weight excluding hydrogens is 394 g/mol. The second kappa shape index (κ2) is 10.8. The number of pyridine rings is 2. The number of carbonyl (C=O) groups is 2. The van der Waals surface area contributed by atoms with Gasteiger partial charge in [0.15, 0.2) is 0 Å². The zero-order valence-corrected chi connectivity index (χ0v) is 16.7. The van der Waals surface area contributed by atoms with Gasteiger partial charge in [-0.2, -0.15) is 0 Å². The van der Waals surface area contributed by atoms with Gasteiger partial charge in [-0.1, -0.05) is 24.3 Å². The molecule has 0 radical (unpaired) electrons. The van der Waals surface area contributed by atoms with Gasteiger partial charge in [0, 0.05) is 30.9 Å². The Morgan fingerprint density at radius 3 is 2.69 bits per heavy atom. The molecule has 3 amide bonds. The van der Waals surface area contributed by atoms with Crippen LogP contribution in [0.15, 0.2) is 54.9 Å². The molecule has 0 aliphatic carbocycles. The highest BCUT2D eigenvalue weighted by atomic mass is 35.5.